The van der Waals surface area contributed by atoms with E-state index in [1.807, 2.05) is 42.7 Å². The van der Waals surface area contributed by atoms with E-state index in [0.29, 0.717) is 23.8 Å². The number of benzene rings is 3. The molecule has 0 spiro atoms. The van der Waals surface area contributed by atoms with Gasteiger partial charge in [-0.3, -0.25) is 0 Å². The normalized spacial score (nSPS) is 11.3. The molecule has 0 N–H and O–H groups in total. The van der Waals surface area contributed by atoms with Crippen molar-refractivity contribution in [1.29, 1.82) is 0 Å². The van der Waals surface area contributed by atoms with Crippen LogP contribution in [0.4, 0.5) is 8.78 Å². The molecule has 0 saturated heterocycles. The molecule has 176 valence electrons. The van der Waals surface area contributed by atoms with Gasteiger partial charge in [0.1, 0.15) is 17.5 Å². The SMILES string of the molecule is COCCCc1cnc(CCc2ccc3c(F)c(CCc4ccc(Cl)c(F)c4)ccc3c2)nc1. The standard InChI is InChI=1S/C28H27ClF2N2O/c1-34-14-2-3-21-17-32-27(33-18-21)13-7-19-5-11-24-23(15-19)10-9-22(28(24)31)8-4-20-6-12-25(29)26(30)16-20/h5-6,9-12,15-18H,2-4,7-8,13-14H2,1H3. The molecule has 6 heteroatoms. The van der Waals surface area contributed by atoms with E-state index in [-0.39, 0.29) is 10.8 Å². The third-order valence-electron chi connectivity index (χ3n) is 5.98. The van der Waals surface area contributed by atoms with Crippen molar-refractivity contribution < 1.29 is 13.5 Å². The minimum Gasteiger partial charge on any atom is -0.385 e. The fourth-order valence-corrected chi connectivity index (χ4v) is 4.14. The van der Waals surface area contributed by atoms with Crippen molar-refractivity contribution in [2.24, 2.45) is 0 Å². The van der Waals surface area contributed by atoms with Crippen molar-refractivity contribution >= 4 is 22.4 Å². The van der Waals surface area contributed by atoms with Gasteiger partial charge in [-0.15, -0.1) is 0 Å². The minimum absolute atomic E-state index is 0.0953. The van der Waals surface area contributed by atoms with Gasteiger partial charge in [0, 0.05) is 37.9 Å². The molecule has 1 heterocycles. The molecule has 0 aliphatic carbocycles. The number of fused-ring (bicyclic) bond motifs is 1. The van der Waals surface area contributed by atoms with E-state index >= 15 is 4.39 Å². The second-order valence-electron chi connectivity index (χ2n) is 8.45. The summed E-state index contributed by atoms with van der Waals surface area (Å²) in [5.41, 5.74) is 3.64. The summed E-state index contributed by atoms with van der Waals surface area (Å²) >= 11 is 5.74. The lowest BCUT2D eigenvalue weighted by Gasteiger charge is -2.09. The molecule has 0 radical (unpaired) electrons. The highest BCUT2D eigenvalue weighted by Gasteiger charge is 2.10. The first-order valence-corrected chi connectivity index (χ1v) is 11.8. The lowest BCUT2D eigenvalue weighted by molar-refractivity contribution is 0.195. The molecule has 4 aromatic rings. The Balaban J connectivity index is 1.38. The van der Waals surface area contributed by atoms with Crippen LogP contribution in [0.1, 0.15) is 34.5 Å². The average Bonchev–Trinajstić information content (AvgIpc) is 2.85. The lowest BCUT2D eigenvalue weighted by Crippen LogP contribution is -2.01. The monoisotopic (exact) mass is 480 g/mol. The Labute approximate surface area is 203 Å². The van der Waals surface area contributed by atoms with E-state index < -0.39 is 5.82 Å². The number of aryl methyl sites for hydroxylation is 5. The van der Waals surface area contributed by atoms with Crippen LogP contribution in [-0.2, 0) is 36.8 Å². The molecule has 0 bridgehead atoms. The molecule has 0 atom stereocenters. The summed E-state index contributed by atoms with van der Waals surface area (Å²) in [5.74, 6) is 0.135. The Kier molecular flexibility index (Phi) is 8.20. The van der Waals surface area contributed by atoms with Gasteiger partial charge in [0.15, 0.2) is 0 Å². The molecule has 0 saturated carbocycles. The summed E-state index contributed by atoms with van der Waals surface area (Å²) in [4.78, 5) is 8.95. The topological polar surface area (TPSA) is 35.0 Å². The summed E-state index contributed by atoms with van der Waals surface area (Å²) in [7, 11) is 1.70. The zero-order valence-electron chi connectivity index (χ0n) is 19.2. The van der Waals surface area contributed by atoms with Crippen LogP contribution < -0.4 is 0 Å². The number of aromatic nitrogens is 2. The zero-order chi connectivity index (χ0) is 23.9. The fraction of sp³-hybridized carbons (Fsp3) is 0.286. The molecule has 0 aliphatic rings. The number of hydrogen-bond donors (Lipinski definition) is 0. The molecule has 3 nitrogen and oxygen atoms in total. The number of ether oxygens (including phenoxy) is 1. The minimum atomic E-state index is -0.450. The first-order chi connectivity index (χ1) is 16.5. The van der Waals surface area contributed by atoms with Crippen LogP contribution in [0.25, 0.3) is 10.8 Å². The van der Waals surface area contributed by atoms with Crippen LogP contribution in [0.2, 0.25) is 5.02 Å². The quantitative estimate of drug-likeness (QED) is 0.236. The fourth-order valence-electron chi connectivity index (χ4n) is 4.03. The Morgan fingerprint density at radius 2 is 1.53 bits per heavy atom. The molecule has 0 aliphatic heterocycles. The second kappa shape index (κ2) is 11.5. The summed E-state index contributed by atoms with van der Waals surface area (Å²) in [6, 6.07) is 14.3. The maximum atomic E-state index is 15.1. The third kappa shape index (κ3) is 6.16. The van der Waals surface area contributed by atoms with Gasteiger partial charge in [-0.05, 0) is 71.9 Å². The van der Waals surface area contributed by atoms with Gasteiger partial charge in [-0.2, -0.15) is 0 Å². The Morgan fingerprint density at radius 3 is 2.29 bits per heavy atom. The number of methoxy groups -OCH3 is 1. The summed E-state index contributed by atoms with van der Waals surface area (Å²) in [6.07, 6.45) is 8.16. The highest BCUT2D eigenvalue weighted by Crippen LogP contribution is 2.25. The largest absolute Gasteiger partial charge is 0.385 e. The van der Waals surface area contributed by atoms with Gasteiger partial charge in [-0.25, -0.2) is 18.7 Å². The molecule has 1 aromatic heterocycles. The lowest BCUT2D eigenvalue weighted by atomic mass is 9.98. The van der Waals surface area contributed by atoms with Gasteiger partial charge in [0.25, 0.3) is 0 Å². The first-order valence-electron chi connectivity index (χ1n) is 11.5. The Hall–Kier alpha value is -2.89. The average molecular weight is 481 g/mol. The third-order valence-corrected chi connectivity index (χ3v) is 6.28. The van der Waals surface area contributed by atoms with Crippen molar-refractivity contribution in [3.8, 4) is 0 Å². The van der Waals surface area contributed by atoms with Gasteiger partial charge in [-0.1, -0.05) is 48.0 Å². The molecular weight excluding hydrogens is 454 g/mol. The number of nitrogens with zero attached hydrogens (tertiary/aromatic N) is 2. The smallest absolute Gasteiger partial charge is 0.142 e. The molecule has 34 heavy (non-hydrogen) atoms. The predicted molar refractivity (Wildman–Crippen MR) is 132 cm³/mol. The first kappa shape index (κ1) is 24.2. The highest BCUT2D eigenvalue weighted by molar-refractivity contribution is 6.30. The maximum absolute atomic E-state index is 15.1. The molecule has 0 amide bonds. The van der Waals surface area contributed by atoms with Crippen LogP contribution >= 0.6 is 11.6 Å². The molecule has 3 aromatic carbocycles. The Bertz CT molecular complexity index is 1260. The summed E-state index contributed by atoms with van der Waals surface area (Å²) in [6.45, 7) is 0.730. The van der Waals surface area contributed by atoms with Gasteiger partial charge < -0.3 is 4.74 Å². The molecule has 0 fully saturated rings. The van der Waals surface area contributed by atoms with E-state index in [4.69, 9.17) is 16.3 Å². The van der Waals surface area contributed by atoms with Crippen LogP contribution in [0, 0.1) is 11.6 Å². The van der Waals surface area contributed by atoms with E-state index in [2.05, 4.69) is 9.97 Å². The van der Waals surface area contributed by atoms with E-state index in [1.165, 1.54) is 12.1 Å². The van der Waals surface area contributed by atoms with Crippen molar-refractivity contribution in [1.82, 2.24) is 9.97 Å². The van der Waals surface area contributed by atoms with E-state index in [9.17, 15) is 4.39 Å². The second-order valence-corrected chi connectivity index (χ2v) is 8.85. The van der Waals surface area contributed by atoms with Crippen LogP contribution in [-0.4, -0.2) is 23.7 Å². The molecule has 0 unspecified atom stereocenters. The van der Waals surface area contributed by atoms with Crippen molar-refractivity contribution in [3.63, 3.8) is 0 Å². The number of rotatable bonds is 10. The summed E-state index contributed by atoms with van der Waals surface area (Å²) < 4.78 is 33.9. The van der Waals surface area contributed by atoms with Gasteiger partial charge in [0.05, 0.1) is 5.02 Å². The highest BCUT2D eigenvalue weighted by atomic mass is 35.5. The van der Waals surface area contributed by atoms with Crippen LogP contribution in [0.3, 0.4) is 0 Å². The van der Waals surface area contributed by atoms with Crippen LogP contribution in [0.5, 0.6) is 0 Å². The van der Waals surface area contributed by atoms with Gasteiger partial charge in [0.2, 0.25) is 0 Å². The predicted octanol–water partition coefficient (Wildman–Crippen LogP) is 6.71. The van der Waals surface area contributed by atoms with Crippen LogP contribution in [0.15, 0.2) is 60.9 Å². The molecular formula is C28H27ClF2N2O. The Morgan fingerprint density at radius 1 is 0.794 bits per heavy atom. The molecule has 4 rings (SSSR count). The van der Waals surface area contributed by atoms with E-state index in [1.54, 1.807) is 13.2 Å². The number of halogens is 3. The maximum Gasteiger partial charge on any atom is 0.142 e. The van der Waals surface area contributed by atoms with Gasteiger partial charge >= 0.3 is 0 Å². The van der Waals surface area contributed by atoms with Crippen molar-refractivity contribution in [2.45, 2.75) is 38.5 Å². The van der Waals surface area contributed by atoms with E-state index in [0.717, 1.165) is 60.2 Å². The van der Waals surface area contributed by atoms with Crippen molar-refractivity contribution in [3.05, 3.63) is 106 Å². The van der Waals surface area contributed by atoms with Crippen molar-refractivity contribution in [2.75, 3.05) is 13.7 Å². The summed E-state index contributed by atoms with van der Waals surface area (Å²) in [5, 5.41) is 1.56. The number of hydrogen-bond acceptors (Lipinski definition) is 3. The zero-order valence-corrected chi connectivity index (χ0v) is 19.9.